The number of carbonyl (C=O) groups excluding carboxylic acids is 1. The van der Waals surface area contributed by atoms with Gasteiger partial charge in [0.15, 0.2) is 0 Å². The Hall–Kier alpha value is -3.13. The molecular formula is C24H23F2N3O3. The molecule has 6 nitrogen and oxygen atoms in total. The maximum Gasteiger partial charge on any atom is 0.254 e. The summed E-state index contributed by atoms with van der Waals surface area (Å²) in [6.45, 7) is 3.94. The Balaban J connectivity index is 1.45. The molecule has 1 aromatic heterocycles. The fourth-order valence-electron chi connectivity index (χ4n) is 4.80. The normalized spacial score (nSPS) is 20.1. The highest BCUT2D eigenvalue weighted by molar-refractivity contribution is 5.94. The van der Waals surface area contributed by atoms with Crippen molar-refractivity contribution in [2.24, 2.45) is 5.41 Å². The molecule has 1 spiro atoms. The van der Waals surface area contributed by atoms with Gasteiger partial charge in [0.25, 0.3) is 5.91 Å². The SMILES string of the molecule is Cc1ccc(-c2nnc(C3CN(C(=O)c4cc(F)cc(F)c4)CC34CCOCC4)o2)cc1. The van der Waals surface area contributed by atoms with Crippen molar-refractivity contribution < 1.29 is 22.7 Å². The summed E-state index contributed by atoms with van der Waals surface area (Å²) < 4.78 is 39.0. The summed E-state index contributed by atoms with van der Waals surface area (Å²) in [4.78, 5) is 14.7. The fourth-order valence-corrected chi connectivity index (χ4v) is 4.80. The number of likely N-dealkylation sites (tertiary alicyclic amines) is 1. The summed E-state index contributed by atoms with van der Waals surface area (Å²) in [5.74, 6) is -1.23. The van der Waals surface area contributed by atoms with Gasteiger partial charge in [-0.05, 0) is 44.0 Å². The third-order valence-electron chi connectivity index (χ3n) is 6.57. The molecule has 2 saturated heterocycles. The smallest absolute Gasteiger partial charge is 0.254 e. The number of rotatable bonds is 3. The summed E-state index contributed by atoms with van der Waals surface area (Å²) in [5.41, 5.74) is 1.68. The summed E-state index contributed by atoms with van der Waals surface area (Å²) in [6, 6.07) is 10.7. The highest BCUT2D eigenvalue weighted by atomic mass is 19.1. The summed E-state index contributed by atoms with van der Waals surface area (Å²) in [7, 11) is 0. The predicted octanol–water partition coefficient (Wildman–Crippen LogP) is 4.36. The van der Waals surface area contributed by atoms with Crippen molar-refractivity contribution in [1.29, 1.82) is 0 Å². The van der Waals surface area contributed by atoms with Crippen LogP contribution in [0, 0.1) is 24.0 Å². The molecule has 5 rings (SSSR count). The van der Waals surface area contributed by atoms with Gasteiger partial charge in [0.1, 0.15) is 11.6 Å². The molecule has 2 aliphatic heterocycles. The number of aryl methyl sites for hydroxylation is 1. The van der Waals surface area contributed by atoms with Crippen LogP contribution in [0.3, 0.4) is 0 Å². The van der Waals surface area contributed by atoms with Crippen molar-refractivity contribution >= 4 is 5.91 Å². The van der Waals surface area contributed by atoms with Crippen LogP contribution in [0.15, 0.2) is 46.9 Å². The lowest BCUT2D eigenvalue weighted by atomic mass is 9.72. The first kappa shape index (κ1) is 20.8. The Morgan fingerprint density at radius 1 is 1.06 bits per heavy atom. The highest BCUT2D eigenvalue weighted by Crippen LogP contribution is 2.49. The second kappa shape index (κ2) is 8.09. The standard InChI is InChI=1S/C24H23F2N3O3/c1-15-2-4-16(5-3-15)21-27-28-22(32-21)20-13-29(14-24(20)6-8-31-9-7-24)23(30)17-10-18(25)12-19(26)11-17/h2-5,10-12,20H,6-9,13-14H2,1H3. The lowest BCUT2D eigenvalue weighted by Crippen LogP contribution is -2.37. The van der Waals surface area contributed by atoms with Gasteiger partial charge < -0.3 is 14.1 Å². The van der Waals surface area contributed by atoms with Crippen molar-refractivity contribution in [1.82, 2.24) is 15.1 Å². The Morgan fingerprint density at radius 2 is 1.75 bits per heavy atom. The lowest BCUT2D eigenvalue weighted by molar-refractivity contribution is 0.00908. The van der Waals surface area contributed by atoms with E-state index in [9.17, 15) is 13.6 Å². The molecule has 1 unspecified atom stereocenters. The predicted molar refractivity (Wildman–Crippen MR) is 112 cm³/mol. The topological polar surface area (TPSA) is 68.5 Å². The van der Waals surface area contributed by atoms with Gasteiger partial charge in [-0.15, -0.1) is 10.2 Å². The Labute approximate surface area is 184 Å². The van der Waals surface area contributed by atoms with Crippen LogP contribution < -0.4 is 0 Å². The van der Waals surface area contributed by atoms with Gasteiger partial charge in [-0.25, -0.2) is 8.78 Å². The van der Waals surface area contributed by atoms with Crippen LogP contribution in [0.1, 0.15) is 40.6 Å². The third kappa shape index (κ3) is 3.79. The van der Waals surface area contributed by atoms with Crippen LogP contribution in [-0.4, -0.2) is 47.3 Å². The van der Waals surface area contributed by atoms with Crippen LogP contribution in [-0.2, 0) is 4.74 Å². The Kier molecular flexibility index (Phi) is 5.25. The molecule has 2 fully saturated rings. The van der Waals surface area contributed by atoms with Crippen LogP contribution in [0.4, 0.5) is 8.78 Å². The van der Waals surface area contributed by atoms with Gasteiger partial charge in [-0.3, -0.25) is 4.79 Å². The van der Waals surface area contributed by atoms with Crippen molar-refractivity contribution in [3.8, 4) is 11.5 Å². The van der Waals surface area contributed by atoms with Crippen LogP contribution in [0.2, 0.25) is 0 Å². The van der Waals surface area contributed by atoms with Gasteiger partial charge in [0, 0.05) is 48.9 Å². The Morgan fingerprint density at radius 3 is 2.44 bits per heavy atom. The summed E-state index contributed by atoms with van der Waals surface area (Å²) in [6.07, 6.45) is 1.47. The van der Waals surface area contributed by atoms with E-state index >= 15 is 0 Å². The molecule has 0 aliphatic carbocycles. The molecule has 1 atom stereocenters. The first-order valence-corrected chi connectivity index (χ1v) is 10.7. The molecule has 0 bridgehead atoms. The van der Waals surface area contributed by atoms with Gasteiger partial charge in [0.2, 0.25) is 11.8 Å². The average molecular weight is 439 g/mol. The maximum absolute atomic E-state index is 13.7. The van der Waals surface area contributed by atoms with Gasteiger partial charge in [-0.1, -0.05) is 17.7 Å². The van der Waals surface area contributed by atoms with Crippen molar-refractivity contribution in [2.75, 3.05) is 26.3 Å². The van der Waals surface area contributed by atoms with Crippen LogP contribution in [0.25, 0.3) is 11.5 Å². The summed E-state index contributed by atoms with van der Waals surface area (Å²) in [5, 5.41) is 8.57. The summed E-state index contributed by atoms with van der Waals surface area (Å²) >= 11 is 0. The largest absolute Gasteiger partial charge is 0.420 e. The second-order valence-electron chi connectivity index (χ2n) is 8.68. The van der Waals surface area contributed by atoms with E-state index < -0.39 is 17.5 Å². The van der Waals surface area contributed by atoms with E-state index in [1.807, 2.05) is 31.2 Å². The minimum Gasteiger partial charge on any atom is -0.420 e. The lowest BCUT2D eigenvalue weighted by Gasteiger charge is -2.36. The van der Waals surface area contributed by atoms with E-state index in [1.54, 1.807) is 4.90 Å². The number of benzene rings is 2. The van der Waals surface area contributed by atoms with Crippen LogP contribution in [0.5, 0.6) is 0 Å². The molecule has 2 aliphatic rings. The van der Waals surface area contributed by atoms with Gasteiger partial charge >= 0.3 is 0 Å². The minimum absolute atomic E-state index is 0.00349. The van der Waals surface area contributed by atoms with Crippen molar-refractivity contribution in [3.63, 3.8) is 0 Å². The first-order chi connectivity index (χ1) is 15.4. The number of hydrogen-bond donors (Lipinski definition) is 0. The van der Waals surface area contributed by atoms with Crippen molar-refractivity contribution in [3.05, 3.63) is 71.1 Å². The molecule has 32 heavy (non-hydrogen) atoms. The number of carbonyl (C=O) groups is 1. The molecule has 0 radical (unpaired) electrons. The molecule has 3 heterocycles. The second-order valence-corrected chi connectivity index (χ2v) is 8.68. The zero-order valence-electron chi connectivity index (χ0n) is 17.7. The number of ether oxygens (including phenoxy) is 1. The van der Waals surface area contributed by atoms with Gasteiger partial charge in [-0.2, -0.15) is 0 Å². The van der Waals surface area contributed by atoms with Gasteiger partial charge in [0.05, 0.1) is 5.92 Å². The quantitative estimate of drug-likeness (QED) is 0.607. The fraction of sp³-hybridized carbons (Fsp3) is 0.375. The van der Waals surface area contributed by atoms with E-state index in [0.29, 0.717) is 38.1 Å². The number of amides is 1. The van der Waals surface area contributed by atoms with E-state index in [1.165, 1.54) is 0 Å². The monoisotopic (exact) mass is 439 g/mol. The molecular weight excluding hydrogens is 416 g/mol. The molecule has 3 aromatic rings. The number of aromatic nitrogens is 2. The zero-order valence-corrected chi connectivity index (χ0v) is 17.7. The van der Waals surface area contributed by atoms with E-state index in [0.717, 1.165) is 42.2 Å². The maximum atomic E-state index is 13.7. The number of hydrogen-bond acceptors (Lipinski definition) is 5. The first-order valence-electron chi connectivity index (χ1n) is 10.7. The van der Waals surface area contributed by atoms with E-state index in [-0.39, 0.29) is 16.9 Å². The molecule has 8 heteroatoms. The Bertz CT molecular complexity index is 1120. The minimum atomic E-state index is -0.774. The van der Waals surface area contributed by atoms with Crippen molar-refractivity contribution in [2.45, 2.75) is 25.7 Å². The van der Waals surface area contributed by atoms with Crippen LogP contribution >= 0.6 is 0 Å². The van der Waals surface area contributed by atoms with E-state index in [4.69, 9.17) is 9.15 Å². The molecule has 1 amide bonds. The molecule has 166 valence electrons. The third-order valence-corrected chi connectivity index (χ3v) is 6.57. The number of nitrogens with zero attached hydrogens (tertiary/aromatic N) is 3. The molecule has 2 aromatic carbocycles. The zero-order chi connectivity index (χ0) is 22.3. The highest BCUT2D eigenvalue weighted by Gasteiger charge is 2.51. The average Bonchev–Trinajstić information content (AvgIpc) is 3.39. The molecule has 0 N–H and O–H groups in total. The van der Waals surface area contributed by atoms with E-state index in [2.05, 4.69) is 10.2 Å². The number of halogens is 2. The molecule has 0 saturated carbocycles.